The third-order valence-corrected chi connectivity index (χ3v) is 5.88. The molecule has 2 rings (SSSR count). The molecule has 2 atom stereocenters. The molecule has 1 aliphatic rings. The van der Waals surface area contributed by atoms with E-state index in [1.54, 1.807) is 0 Å². The monoisotopic (exact) mass is 305 g/mol. The van der Waals surface area contributed by atoms with Gasteiger partial charge in [-0.2, -0.15) is 0 Å². The largest absolute Gasteiger partial charge is 0.317 e. The van der Waals surface area contributed by atoms with Crippen LogP contribution in [0.25, 0.3) is 0 Å². The van der Waals surface area contributed by atoms with E-state index in [1.165, 1.54) is 42.9 Å². The van der Waals surface area contributed by atoms with Crippen molar-refractivity contribution in [2.75, 3.05) is 18.8 Å². The SMILES string of the molecule is CCNCC1CCC(C)(C)CC1CCSc1ccccc1. The van der Waals surface area contributed by atoms with Crippen LogP contribution in [0.1, 0.15) is 46.5 Å². The highest BCUT2D eigenvalue weighted by molar-refractivity contribution is 7.99. The van der Waals surface area contributed by atoms with Crippen molar-refractivity contribution in [3.05, 3.63) is 30.3 Å². The van der Waals surface area contributed by atoms with E-state index in [9.17, 15) is 0 Å². The van der Waals surface area contributed by atoms with Gasteiger partial charge in [-0.05, 0) is 73.9 Å². The highest BCUT2D eigenvalue weighted by atomic mass is 32.2. The fourth-order valence-corrected chi connectivity index (χ4v) is 4.58. The van der Waals surface area contributed by atoms with Crippen molar-refractivity contribution in [3.8, 4) is 0 Å². The zero-order chi connectivity index (χ0) is 15.1. The quantitative estimate of drug-likeness (QED) is 0.693. The van der Waals surface area contributed by atoms with E-state index in [-0.39, 0.29) is 0 Å². The van der Waals surface area contributed by atoms with Gasteiger partial charge in [0.2, 0.25) is 0 Å². The molecule has 0 heterocycles. The Morgan fingerprint density at radius 1 is 1.19 bits per heavy atom. The van der Waals surface area contributed by atoms with Gasteiger partial charge >= 0.3 is 0 Å². The summed E-state index contributed by atoms with van der Waals surface area (Å²) >= 11 is 2.02. The Bertz CT molecular complexity index is 401. The summed E-state index contributed by atoms with van der Waals surface area (Å²) in [5.74, 6) is 3.03. The van der Waals surface area contributed by atoms with E-state index in [1.807, 2.05) is 11.8 Å². The number of hydrogen-bond acceptors (Lipinski definition) is 2. The molecule has 2 heteroatoms. The van der Waals surface area contributed by atoms with E-state index in [4.69, 9.17) is 0 Å². The lowest BCUT2D eigenvalue weighted by Gasteiger charge is -2.41. The lowest BCUT2D eigenvalue weighted by Crippen LogP contribution is -2.36. The molecule has 2 unspecified atom stereocenters. The first-order valence-corrected chi connectivity index (χ1v) is 9.48. The van der Waals surface area contributed by atoms with Crippen molar-refractivity contribution in [3.63, 3.8) is 0 Å². The van der Waals surface area contributed by atoms with Crippen molar-refractivity contribution in [1.29, 1.82) is 0 Å². The maximum absolute atomic E-state index is 3.58. The Kier molecular flexibility index (Phi) is 6.63. The topological polar surface area (TPSA) is 12.0 Å². The molecular formula is C19H31NS. The predicted octanol–water partition coefficient (Wildman–Crippen LogP) is 5.22. The van der Waals surface area contributed by atoms with Crippen LogP contribution in [0.2, 0.25) is 0 Å². The van der Waals surface area contributed by atoms with Crippen LogP contribution in [0.5, 0.6) is 0 Å². The number of hydrogen-bond donors (Lipinski definition) is 1. The summed E-state index contributed by atoms with van der Waals surface area (Å²) in [6.45, 7) is 9.44. The zero-order valence-corrected chi connectivity index (χ0v) is 14.7. The van der Waals surface area contributed by atoms with Crippen LogP contribution in [-0.4, -0.2) is 18.8 Å². The summed E-state index contributed by atoms with van der Waals surface area (Å²) in [6, 6.07) is 10.8. The maximum Gasteiger partial charge on any atom is 0.00719 e. The maximum atomic E-state index is 3.58. The lowest BCUT2D eigenvalue weighted by atomic mass is 9.66. The molecule has 21 heavy (non-hydrogen) atoms. The molecule has 0 spiro atoms. The smallest absolute Gasteiger partial charge is 0.00719 e. The lowest BCUT2D eigenvalue weighted by molar-refractivity contribution is 0.114. The number of nitrogens with one attached hydrogen (secondary N) is 1. The number of benzene rings is 1. The van der Waals surface area contributed by atoms with Crippen LogP contribution in [0.4, 0.5) is 0 Å². The van der Waals surface area contributed by atoms with Gasteiger partial charge < -0.3 is 5.32 Å². The van der Waals surface area contributed by atoms with E-state index in [2.05, 4.69) is 56.4 Å². The first-order valence-electron chi connectivity index (χ1n) is 8.49. The van der Waals surface area contributed by atoms with Gasteiger partial charge in [-0.1, -0.05) is 39.0 Å². The van der Waals surface area contributed by atoms with Crippen LogP contribution in [0.3, 0.4) is 0 Å². The number of thioether (sulfide) groups is 1. The van der Waals surface area contributed by atoms with Crippen molar-refractivity contribution < 1.29 is 0 Å². The third-order valence-electron chi connectivity index (χ3n) is 4.83. The standard InChI is InChI=1S/C19H31NS/c1-4-20-15-17-10-12-19(2,3)14-16(17)11-13-21-18-8-6-5-7-9-18/h5-9,16-17,20H,4,10-15H2,1-3H3. The molecule has 1 N–H and O–H groups in total. The Morgan fingerprint density at radius 2 is 1.95 bits per heavy atom. The second kappa shape index (κ2) is 8.24. The number of rotatable bonds is 7. The predicted molar refractivity (Wildman–Crippen MR) is 94.9 cm³/mol. The summed E-state index contributed by atoms with van der Waals surface area (Å²) < 4.78 is 0. The minimum absolute atomic E-state index is 0.546. The molecule has 0 bridgehead atoms. The molecule has 0 aliphatic heterocycles. The minimum Gasteiger partial charge on any atom is -0.317 e. The highest BCUT2D eigenvalue weighted by Gasteiger charge is 2.34. The Labute approximate surface area is 135 Å². The Balaban J connectivity index is 1.84. The van der Waals surface area contributed by atoms with E-state index >= 15 is 0 Å². The highest BCUT2D eigenvalue weighted by Crippen LogP contribution is 2.43. The Hall–Kier alpha value is -0.470. The molecule has 0 saturated heterocycles. The van der Waals surface area contributed by atoms with Crippen LogP contribution >= 0.6 is 11.8 Å². The third kappa shape index (κ3) is 5.67. The van der Waals surface area contributed by atoms with Gasteiger partial charge in [0.15, 0.2) is 0 Å². The summed E-state index contributed by atoms with van der Waals surface area (Å²) in [7, 11) is 0. The van der Waals surface area contributed by atoms with Gasteiger partial charge in [-0.3, -0.25) is 0 Å². The molecule has 0 radical (unpaired) electrons. The summed E-state index contributed by atoms with van der Waals surface area (Å²) in [4.78, 5) is 1.41. The van der Waals surface area contributed by atoms with Crippen molar-refractivity contribution in [2.24, 2.45) is 17.3 Å². The fourth-order valence-electron chi connectivity index (χ4n) is 3.57. The molecule has 1 aliphatic carbocycles. The van der Waals surface area contributed by atoms with Crippen molar-refractivity contribution in [2.45, 2.75) is 51.3 Å². The van der Waals surface area contributed by atoms with E-state index < -0.39 is 0 Å². The van der Waals surface area contributed by atoms with Crippen molar-refractivity contribution >= 4 is 11.8 Å². The zero-order valence-electron chi connectivity index (χ0n) is 13.9. The molecule has 1 saturated carbocycles. The second-order valence-electron chi connectivity index (χ2n) is 7.19. The normalized spacial score (nSPS) is 24.9. The van der Waals surface area contributed by atoms with Crippen LogP contribution in [-0.2, 0) is 0 Å². The molecule has 1 fully saturated rings. The average Bonchev–Trinajstić information content (AvgIpc) is 2.47. The Morgan fingerprint density at radius 3 is 2.67 bits per heavy atom. The van der Waals surface area contributed by atoms with Gasteiger partial charge in [0, 0.05) is 4.90 Å². The van der Waals surface area contributed by atoms with Crippen LogP contribution in [0, 0.1) is 17.3 Å². The molecular weight excluding hydrogens is 274 g/mol. The van der Waals surface area contributed by atoms with Gasteiger partial charge in [-0.15, -0.1) is 11.8 Å². The molecule has 1 aromatic carbocycles. The van der Waals surface area contributed by atoms with Crippen LogP contribution in [0.15, 0.2) is 35.2 Å². The average molecular weight is 306 g/mol. The molecule has 1 aromatic rings. The van der Waals surface area contributed by atoms with E-state index in [0.717, 1.165) is 18.4 Å². The van der Waals surface area contributed by atoms with E-state index in [0.29, 0.717) is 5.41 Å². The molecule has 0 amide bonds. The summed E-state index contributed by atoms with van der Waals surface area (Å²) in [5, 5.41) is 3.58. The van der Waals surface area contributed by atoms with Gasteiger partial charge in [0.05, 0.1) is 0 Å². The van der Waals surface area contributed by atoms with Gasteiger partial charge in [0.25, 0.3) is 0 Å². The van der Waals surface area contributed by atoms with Gasteiger partial charge in [-0.25, -0.2) is 0 Å². The fraction of sp³-hybridized carbons (Fsp3) is 0.684. The molecule has 118 valence electrons. The second-order valence-corrected chi connectivity index (χ2v) is 8.35. The summed E-state index contributed by atoms with van der Waals surface area (Å²) in [6.07, 6.45) is 5.56. The molecule has 0 aromatic heterocycles. The summed E-state index contributed by atoms with van der Waals surface area (Å²) in [5.41, 5.74) is 0.546. The van der Waals surface area contributed by atoms with Crippen LogP contribution < -0.4 is 5.32 Å². The minimum atomic E-state index is 0.546. The molecule has 1 nitrogen and oxygen atoms in total. The first kappa shape index (κ1) is 16.9. The van der Waals surface area contributed by atoms with Crippen molar-refractivity contribution in [1.82, 2.24) is 5.32 Å². The van der Waals surface area contributed by atoms with Gasteiger partial charge in [0.1, 0.15) is 0 Å². The first-order chi connectivity index (χ1) is 10.1.